The average Bonchev–Trinajstić information content (AvgIpc) is 3.28. The summed E-state index contributed by atoms with van der Waals surface area (Å²) in [4.78, 5) is 26.4. The molecule has 2 aromatic carbocycles. The van der Waals surface area contributed by atoms with E-state index in [4.69, 9.17) is 4.74 Å². The Morgan fingerprint density at radius 2 is 1.72 bits per heavy atom. The molecule has 0 saturated heterocycles. The van der Waals surface area contributed by atoms with Crippen LogP contribution in [0.15, 0.2) is 65.6 Å². The molecule has 0 radical (unpaired) electrons. The van der Waals surface area contributed by atoms with Crippen LogP contribution in [0.25, 0.3) is 0 Å². The number of ether oxygens (including phenoxy) is 1. The lowest BCUT2D eigenvalue weighted by molar-refractivity contribution is 0.0953. The number of thiophene rings is 1. The molecule has 0 saturated carbocycles. The van der Waals surface area contributed by atoms with Crippen LogP contribution in [-0.4, -0.2) is 42.5 Å². The van der Waals surface area contributed by atoms with Gasteiger partial charge >= 0.3 is 0 Å². The number of hydrogen-bond donors (Lipinski definition) is 3. The van der Waals surface area contributed by atoms with Crippen LogP contribution >= 0.6 is 11.3 Å². The maximum atomic E-state index is 12.6. The summed E-state index contributed by atoms with van der Waals surface area (Å²) in [6, 6.07) is 18.1. The molecule has 3 aromatic rings. The van der Waals surface area contributed by atoms with Crippen LogP contribution in [0.4, 0.5) is 5.00 Å². The summed E-state index contributed by atoms with van der Waals surface area (Å²) in [7, 11) is 2.11. The first-order chi connectivity index (χ1) is 15.5. The van der Waals surface area contributed by atoms with Gasteiger partial charge in [-0.1, -0.05) is 30.3 Å². The first kappa shape index (κ1) is 23.5. The molecule has 0 spiro atoms. The number of carbonyl (C=O) groups excluding carboxylic acids is 2. The highest BCUT2D eigenvalue weighted by molar-refractivity contribution is 7.85. The molecule has 0 aliphatic rings. The lowest BCUT2D eigenvalue weighted by Gasteiger charge is -2.06. The lowest BCUT2D eigenvalue weighted by atomic mass is 10.2. The number of carbonyl (C=O) groups is 2. The van der Waals surface area contributed by atoms with Gasteiger partial charge in [-0.05, 0) is 35.9 Å². The van der Waals surface area contributed by atoms with Gasteiger partial charge in [0.1, 0.15) is 10.8 Å². The molecule has 7 nitrogen and oxygen atoms in total. The van der Waals surface area contributed by atoms with Crippen LogP contribution in [0.2, 0.25) is 0 Å². The number of anilines is 1. The second-order valence-electron chi connectivity index (χ2n) is 6.75. The predicted molar refractivity (Wildman–Crippen MR) is 128 cm³/mol. The molecule has 1 heterocycles. The topological polar surface area (TPSA) is 96.5 Å². The Morgan fingerprint density at radius 3 is 2.38 bits per heavy atom. The van der Waals surface area contributed by atoms with Gasteiger partial charge in [-0.2, -0.15) is 0 Å². The van der Waals surface area contributed by atoms with Crippen molar-refractivity contribution in [2.75, 3.05) is 31.8 Å². The van der Waals surface area contributed by atoms with Gasteiger partial charge in [0.2, 0.25) is 0 Å². The molecular weight excluding hydrogens is 446 g/mol. The summed E-state index contributed by atoms with van der Waals surface area (Å²) >= 11 is 1.21. The largest absolute Gasteiger partial charge is 0.497 e. The molecule has 3 rings (SSSR count). The van der Waals surface area contributed by atoms with E-state index in [1.165, 1.54) is 11.3 Å². The number of hydrogen-bond acceptors (Lipinski definition) is 6. The molecular formula is C23H25N3O4S2. The number of benzene rings is 2. The Morgan fingerprint density at radius 1 is 1.00 bits per heavy atom. The number of methoxy groups -OCH3 is 1. The summed E-state index contributed by atoms with van der Waals surface area (Å²) in [5, 5.41) is 9.22. The maximum Gasteiger partial charge on any atom is 0.261 e. The molecule has 2 amide bonds. The minimum absolute atomic E-state index is 0.258. The van der Waals surface area contributed by atoms with E-state index in [9.17, 15) is 13.8 Å². The Bertz CT molecular complexity index is 1080. The third-order valence-electron chi connectivity index (χ3n) is 4.62. The van der Waals surface area contributed by atoms with E-state index in [1.54, 1.807) is 32.4 Å². The first-order valence-electron chi connectivity index (χ1n) is 9.96. The van der Waals surface area contributed by atoms with Gasteiger partial charge in [0.25, 0.3) is 11.8 Å². The average molecular weight is 472 g/mol. The molecule has 3 N–H and O–H groups in total. The van der Waals surface area contributed by atoms with Crippen molar-refractivity contribution < 1.29 is 18.5 Å². The van der Waals surface area contributed by atoms with Crippen molar-refractivity contribution >= 4 is 39.0 Å². The summed E-state index contributed by atoms with van der Waals surface area (Å²) in [5.74, 6) is 0.487. The first-order valence-corrected chi connectivity index (χ1v) is 12.1. The van der Waals surface area contributed by atoms with E-state index < -0.39 is 10.8 Å². The third kappa shape index (κ3) is 6.18. The van der Waals surface area contributed by atoms with Gasteiger partial charge in [0, 0.05) is 30.8 Å². The summed E-state index contributed by atoms with van der Waals surface area (Å²) in [6.45, 7) is 0.626. The zero-order valence-corrected chi connectivity index (χ0v) is 19.5. The minimum atomic E-state index is -1.19. The fraction of sp³-hybridized carbons (Fsp3) is 0.217. The van der Waals surface area contributed by atoms with Crippen molar-refractivity contribution in [2.24, 2.45) is 0 Å². The van der Waals surface area contributed by atoms with Crippen LogP contribution in [0, 0.1) is 0 Å². The van der Waals surface area contributed by atoms with E-state index in [0.29, 0.717) is 27.7 Å². The van der Waals surface area contributed by atoms with Gasteiger partial charge in [-0.25, -0.2) is 0 Å². The van der Waals surface area contributed by atoms with Crippen molar-refractivity contribution in [1.82, 2.24) is 10.6 Å². The molecule has 0 bridgehead atoms. The van der Waals surface area contributed by atoms with Gasteiger partial charge in [-0.15, -0.1) is 11.3 Å². The SMILES string of the molecule is CNc1sc(C(=O)NCc2ccc(OC)cc2)cc1C(=O)NCCS(=O)c1ccccc1. The van der Waals surface area contributed by atoms with E-state index in [2.05, 4.69) is 16.0 Å². The highest BCUT2D eigenvalue weighted by Crippen LogP contribution is 2.28. The minimum Gasteiger partial charge on any atom is -0.497 e. The van der Waals surface area contributed by atoms with Crippen LogP contribution in [0.3, 0.4) is 0 Å². The van der Waals surface area contributed by atoms with Crippen LogP contribution in [0.5, 0.6) is 5.75 Å². The molecule has 1 aromatic heterocycles. The van der Waals surface area contributed by atoms with Crippen molar-refractivity contribution in [3.63, 3.8) is 0 Å². The fourth-order valence-electron chi connectivity index (χ4n) is 2.91. The standard InChI is InChI=1S/C23H25N3O4S2/c1-24-23-19(21(27)25-12-13-32(29)18-6-4-3-5-7-18)14-20(31-23)22(28)26-15-16-8-10-17(30-2)11-9-16/h3-11,14,24H,12-13,15H2,1-2H3,(H,25,27)(H,26,28). The molecule has 32 heavy (non-hydrogen) atoms. The zero-order valence-electron chi connectivity index (χ0n) is 17.8. The Hall–Kier alpha value is -3.17. The zero-order chi connectivity index (χ0) is 22.9. The molecule has 1 atom stereocenters. The van der Waals surface area contributed by atoms with Crippen molar-refractivity contribution in [2.45, 2.75) is 11.4 Å². The number of rotatable bonds is 10. The van der Waals surface area contributed by atoms with E-state index in [0.717, 1.165) is 16.2 Å². The van der Waals surface area contributed by atoms with Gasteiger partial charge < -0.3 is 20.7 Å². The van der Waals surface area contributed by atoms with Crippen LogP contribution < -0.4 is 20.7 Å². The summed E-state index contributed by atoms with van der Waals surface area (Å²) < 4.78 is 17.4. The quantitative estimate of drug-likeness (QED) is 0.422. The van der Waals surface area contributed by atoms with E-state index in [-0.39, 0.29) is 18.4 Å². The van der Waals surface area contributed by atoms with Gasteiger partial charge in [-0.3, -0.25) is 13.8 Å². The highest BCUT2D eigenvalue weighted by Gasteiger charge is 2.19. The van der Waals surface area contributed by atoms with Crippen molar-refractivity contribution in [3.05, 3.63) is 76.7 Å². The van der Waals surface area contributed by atoms with E-state index in [1.807, 2.05) is 42.5 Å². The summed E-state index contributed by atoms with van der Waals surface area (Å²) in [5.41, 5.74) is 1.33. The molecule has 168 valence electrons. The smallest absolute Gasteiger partial charge is 0.261 e. The van der Waals surface area contributed by atoms with Crippen LogP contribution in [-0.2, 0) is 17.3 Å². The van der Waals surface area contributed by atoms with Crippen molar-refractivity contribution in [1.29, 1.82) is 0 Å². The number of amides is 2. The Labute approximate surface area is 193 Å². The van der Waals surface area contributed by atoms with Crippen LogP contribution in [0.1, 0.15) is 25.6 Å². The van der Waals surface area contributed by atoms with E-state index >= 15 is 0 Å². The van der Waals surface area contributed by atoms with Gasteiger partial charge in [0.15, 0.2) is 0 Å². The Kier molecular flexibility index (Phi) is 8.41. The normalized spacial score (nSPS) is 11.4. The van der Waals surface area contributed by atoms with Gasteiger partial charge in [0.05, 0.1) is 28.3 Å². The molecule has 9 heteroatoms. The maximum absolute atomic E-state index is 12.6. The predicted octanol–water partition coefficient (Wildman–Crippen LogP) is 3.27. The monoisotopic (exact) mass is 471 g/mol. The fourth-order valence-corrected chi connectivity index (χ4v) is 4.82. The Balaban J connectivity index is 1.56. The van der Waals surface area contributed by atoms with Crippen molar-refractivity contribution in [3.8, 4) is 5.75 Å². The second-order valence-corrected chi connectivity index (χ2v) is 9.38. The summed E-state index contributed by atoms with van der Waals surface area (Å²) in [6.07, 6.45) is 0. The number of nitrogens with one attached hydrogen (secondary N) is 3. The second kappa shape index (κ2) is 11.4. The molecule has 0 aliphatic carbocycles. The highest BCUT2D eigenvalue weighted by atomic mass is 32.2. The third-order valence-corrected chi connectivity index (χ3v) is 7.14. The lowest BCUT2D eigenvalue weighted by Crippen LogP contribution is -2.28. The molecule has 0 fully saturated rings. The molecule has 1 unspecified atom stereocenters. The molecule has 0 aliphatic heterocycles.